The van der Waals surface area contributed by atoms with Crippen LogP contribution in [0.2, 0.25) is 0 Å². The maximum atomic E-state index is 5.50. The summed E-state index contributed by atoms with van der Waals surface area (Å²) in [5.41, 5.74) is 2.77. The van der Waals surface area contributed by atoms with E-state index in [0.29, 0.717) is 13.2 Å². The smallest absolute Gasteiger partial charge is 0.228 e. The largest absolute Gasteiger partial charge is 0.378 e. The standard InChI is InChI=1S/C19H22N6O2/c1-2-20-18-14(1)11-15(13-21-18)16-12-17(24-3-7-26-8-4-24)23-19(22-16)25-5-9-27-10-6-25/h1-2,11-13H,3-10H2,(H,20,21). The summed E-state index contributed by atoms with van der Waals surface area (Å²) < 4.78 is 11.0. The van der Waals surface area contributed by atoms with Crippen LogP contribution < -0.4 is 9.80 Å². The van der Waals surface area contributed by atoms with E-state index in [1.165, 1.54) is 0 Å². The summed E-state index contributed by atoms with van der Waals surface area (Å²) in [7, 11) is 0. The first-order valence-electron chi connectivity index (χ1n) is 9.35. The molecule has 5 heterocycles. The van der Waals surface area contributed by atoms with Gasteiger partial charge in [0.25, 0.3) is 0 Å². The van der Waals surface area contributed by atoms with Crippen molar-refractivity contribution in [1.29, 1.82) is 0 Å². The Morgan fingerprint density at radius 3 is 2.41 bits per heavy atom. The second-order valence-corrected chi connectivity index (χ2v) is 6.75. The zero-order valence-corrected chi connectivity index (χ0v) is 15.1. The number of aromatic nitrogens is 4. The molecule has 1 N–H and O–H groups in total. The lowest BCUT2D eigenvalue weighted by Gasteiger charge is -2.31. The van der Waals surface area contributed by atoms with Crippen molar-refractivity contribution in [1.82, 2.24) is 19.9 Å². The number of nitrogens with one attached hydrogen (secondary N) is 1. The summed E-state index contributed by atoms with van der Waals surface area (Å²) in [5, 5.41) is 1.08. The SMILES string of the molecule is c1cc2cc(-c3cc(N4CCOCC4)nc(N4CCOCC4)n3)cnc2[nH]1. The Hall–Kier alpha value is -2.71. The average molecular weight is 366 g/mol. The van der Waals surface area contributed by atoms with Gasteiger partial charge in [-0.2, -0.15) is 4.98 Å². The van der Waals surface area contributed by atoms with Crippen LogP contribution in [0.4, 0.5) is 11.8 Å². The van der Waals surface area contributed by atoms with Crippen LogP contribution in [0.3, 0.4) is 0 Å². The molecule has 2 fully saturated rings. The Bertz CT molecular complexity index is 895. The number of pyridine rings is 1. The lowest BCUT2D eigenvalue weighted by molar-refractivity contribution is 0.121. The topological polar surface area (TPSA) is 79.4 Å². The monoisotopic (exact) mass is 366 g/mol. The van der Waals surface area contributed by atoms with Gasteiger partial charge in [0.2, 0.25) is 5.95 Å². The van der Waals surface area contributed by atoms with Crippen molar-refractivity contribution in [2.45, 2.75) is 0 Å². The highest BCUT2D eigenvalue weighted by atomic mass is 16.5. The zero-order valence-electron chi connectivity index (χ0n) is 15.1. The first-order chi connectivity index (χ1) is 13.4. The third-order valence-corrected chi connectivity index (χ3v) is 5.03. The van der Waals surface area contributed by atoms with Crippen molar-refractivity contribution in [3.8, 4) is 11.3 Å². The molecule has 0 saturated carbocycles. The summed E-state index contributed by atoms with van der Waals surface area (Å²) >= 11 is 0. The molecule has 0 aromatic carbocycles. The highest BCUT2D eigenvalue weighted by Gasteiger charge is 2.20. The van der Waals surface area contributed by atoms with Gasteiger partial charge in [-0.1, -0.05) is 0 Å². The molecule has 0 aliphatic carbocycles. The van der Waals surface area contributed by atoms with Gasteiger partial charge in [-0.25, -0.2) is 9.97 Å². The van der Waals surface area contributed by atoms with Gasteiger partial charge in [-0.3, -0.25) is 0 Å². The molecule has 2 aliphatic heterocycles. The number of aromatic amines is 1. The van der Waals surface area contributed by atoms with Crippen molar-refractivity contribution in [2.75, 3.05) is 62.4 Å². The van der Waals surface area contributed by atoms with E-state index in [1.807, 2.05) is 18.5 Å². The fraction of sp³-hybridized carbons (Fsp3) is 0.421. The average Bonchev–Trinajstić information content (AvgIpc) is 3.22. The van der Waals surface area contributed by atoms with Crippen LogP contribution in [0.5, 0.6) is 0 Å². The van der Waals surface area contributed by atoms with E-state index in [-0.39, 0.29) is 0 Å². The molecule has 0 atom stereocenters. The number of hydrogen-bond donors (Lipinski definition) is 1. The van der Waals surface area contributed by atoms with Crippen molar-refractivity contribution >= 4 is 22.8 Å². The zero-order chi connectivity index (χ0) is 18.1. The van der Waals surface area contributed by atoms with Crippen molar-refractivity contribution in [3.05, 3.63) is 30.6 Å². The number of morpholine rings is 2. The molecule has 27 heavy (non-hydrogen) atoms. The van der Waals surface area contributed by atoms with Gasteiger partial charge in [0.1, 0.15) is 11.5 Å². The molecule has 2 aliphatic rings. The summed E-state index contributed by atoms with van der Waals surface area (Å²) in [6.45, 7) is 6.16. The van der Waals surface area contributed by atoms with Crippen LogP contribution in [0.1, 0.15) is 0 Å². The quantitative estimate of drug-likeness (QED) is 0.756. The summed E-state index contributed by atoms with van der Waals surface area (Å²) in [5.74, 6) is 1.70. The molecule has 0 amide bonds. The summed E-state index contributed by atoms with van der Waals surface area (Å²) in [6, 6.07) is 6.21. The third kappa shape index (κ3) is 3.33. The van der Waals surface area contributed by atoms with Gasteiger partial charge in [0.05, 0.1) is 32.1 Å². The van der Waals surface area contributed by atoms with E-state index in [4.69, 9.17) is 19.4 Å². The van der Waals surface area contributed by atoms with E-state index >= 15 is 0 Å². The molecule has 8 nitrogen and oxygen atoms in total. The van der Waals surface area contributed by atoms with Gasteiger partial charge < -0.3 is 24.3 Å². The van der Waals surface area contributed by atoms with E-state index < -0.39 is 0 Å². The highest BCUT2D eigenvalue weighted by molar-refractivity contribution is 5.81. The van der Waals surface area contributed by atoms with Crippen LogP contribution in [-0.2, 0) is 9.47 Å². The predicted molar refractivity (Wildman–Crippen MR) is 103 cm³/mol. The Kier molecular flexibility index (Phi) is 4.35. The maximum absolute atomic E-state index is 5.50. The van der Waals surface area contributed by atoms with E-state index in [9.17, 15) is 0 Å². The fourth-order valence-corrected chi connectivity index (χ4v) is 3.51. The predicted octanol–water partition coefficient (Wildman–Crippen LogP) is 1.69. The molecule has 140 valence electrons. The van der Waals surface area contributed by atoms with E-state index in [0.717, 1.165) is 73.4 Å². The minimum atomic E-state index is 0.706. The molecule has 5 rings (SSSR count). The van der Waals surface area contributed by atoms with Crippen molar-refractivity contribution in [3.63, 3.8) is 0 Å². The van der Waals surface area contributed by atoms with Crippen LogP contribution in [-0.4, -0.2) is 72.5 Å². The lowest BCUT2D eigenvalue weighted by atomic mass is 10.1. The molecule has 0 unspecified atom stereocenters. The highest BCUT2D eigenvalue weighted by Crippen LogP contribution is 2.27. The normalized spacial score (nSPS) is 18.2. The number of nitrogens with zero attached hydrogens (tertiary/aromatic N) is 5. The number of hydrogen-bond acceptors (Lipinski definition) is 7. The minimum Gasteiger partial charge on any atom is -0.378 e. The molecule has 2 saturated heterocycles. The molecule has 8 heteroatoms. The minimum absolute atomic E-state index is 0.706. The molecule has 3 aromatic rings. The van der Waals surface area contributed by atoms with Crippen LogP contribution in [0, 0.1) is 0 Å². The number of H-pyrrole nitrogens is 1. The Balaban J connectivity index is 1.57. The molecule has 0 spiro atoms. The molecular weight excluding hydrogens is 344 g/mol. The number of fused-ring (bicyclic) bond motifs is 1. The Morgan fingerprint density at radius 1 is 0.889 bits per heavy atom. The third-order valence-electron chi connectivity index (χ3n) is 5.03. The van der Waals surface area contributed by atoms with E-state index in [1.54, 1.807) is 0 Å². The summed E-state index contributed by atoms with van der Waals surface area (Å²) in [6.07, 6.45) is 3.77. The molecular formula is C19H22N6O2. The second kappa shape index (κ2) is 7.13. The van der Waals surface area contributed by atoms with Crippen molar-refractivity contribution in [2.24, 2.45) is 0 Å². The van der Waals surface area contributed by atoms with Gasteiger partial charge in [0, 0.05) is 55.6 Å². The fourth-order valence-electron chi connectivity index (χ4n) is 3.51. The van der Waals surface area contributed by atoms with Gasteiger partial charge in [-0.05, 0) is 12.1 Å². The Labute approximate surface area is 157 Å². The van der Waals surface area contributed by atoms with Gasteiger partial charge >= 0.3 is 0 Å². The lowest BCUT2D eigenvalue weighted by Crippen LogP contribution is -2.39. The number of rotatable bonds is 3. The second-order valence-electron chi connectivity index (χ2n) is 6.75. The first kappa shape index (κ1) is 16.5. The van der Waals surface area contributed by atoms with Gasteiger partial charge in [-0.15, -0.1) is 0 Å². The number of anilines is 2. The summed E-state index contributed by atoms with van der Waals surface area (Å²) in [4.78, 5) is 21.8. The van der Waals surface area contributed by atoms with Crippen molar-refractivity contribution < 1.29 is 9.47 Å². The van der Waals surface area contributed by atoms with Gasteiger partial charge in [0.15, 0.2) is 0 Å². The van der Waals surface area contributed by atoms with Crippen LogP contribution in [0.25, 0.3) is 22.3 Å². The first-order valence-corrected chi connectivity index (χ1v) is 9.35. The van der Waals surface area contributed by atoms with Crippen LogP contribution in [0.15, 0.2) is 30.6 Å². The molecule has 3 aromatic heterocycles. The molecule has 0 radical (unpaired) electrons. The number of ether oxygens (including phenoxy) is 2. The Morgan fingerprint density at radius 2 is 1.63 bits per heavy atom. The maximum Gasteiger partial charge on any atom is 0.228 e. The molecule has 0 bridgehead atoms. The van der Waals surface area contributed by atoms with E-state index in [2.05, 4.69) is 31.9 Å². The van der Waals surface area contributed by atoms with Crippen LogP contribution >= 0.6 is 0 Å².